The topological polar surface area (TPSA) is 23.6 Å². The summed E-state index contributed by atoms with van der Waals surface area (Å²) >= 11 is 0. The molecule has 0 atom stereocenters. The second kappa shape index (κ2) is 6.81. The van der Waals surface area contributed by atoms with Crippen molar-refractivity contribution in [2.24, 2.45) is 5.92 Å². The smallest absolute Gasteiger partial charge is 0.225 e. The number of nitrogens with zero attached hydrogens (tertiary/aromatic N) is 2. The molecule has 1 heterocycles. The van der Waals surface area contributed by atoms with Gasteiger partial charge in [0.1, 0.15) is 0 Å². The summed E-state index contributed by atoms with van der Waals surface area (Å²) in [5.41, 5.74) is 0.0636. The van der Waals surface area contributed by atoms with E-state index in [1.165, 1.54) is 12.5 Å². The number of amides is 1. The molecular weight excluding hydrogens is 305 g/mol. The second-order valence-electron chi connectivity index (χ2n) is 6.34. The van der Waals surface area contributed by atoms with Crippen molar-refractivity contribution in [3.8, 4) is 0 Å². The summed E-state index contributed by atoms with van der Waals surface area (Å²) in [7, 11) is 0. The van der Waals surface area contributed by atoms with Crippen LogP contribution in [0.2, 0.25) is 0 Å². The van der Waals surface area contributed by atoms with Gasteiger partial charge in [0.2, 0.25) is 5.91 Å². The van der Waals surface area contributed by atoms with Crippen LogP contribution in [0.15, 0.2) is 12.1 Å². The molecule has 6 heteroatoms. The summed E-state index contributed by atoms with van der Waals surface area (Å²) < 4.78 is 40.2. The van der Waals surface area contributed by atoms with E-state index in [0.29, 0.717) is 26.2 Å². The first kappa shape index (κ1) is 16.1. The average molecular weight is 326 g/mol. The molecule has 2 aliphatic rings. The summed E-state index contributed by atoms with van der Waals surface area (Å²) in [6, 6.07) is 2.19. The molecule has 1 aliphatic carbocycles. The number of hydrogen-bond donors (Lipinski definition) is 0. The third-order valence-corrected chi connectivity index (χ3v) is 4.90. The van der Waals surface area contributed by atoms with E-state index in [1.807, 2.05) is 4.90 Å². The standard InChI is InChI=1S/C17H21F3N2O/c18-13-6-7-14(16(20)15(13)19)21-8-10-22(11-9-21)17(23)12-4-2-1-3-5-12/h6-7,12H,1-5,8-11H2. The second-order valence-corrected chi connectivity index (χ2v) is 6.34. The van der Waals surface area contributed by atoms with Gasteiger partial charge in [0, 0.05) is 32.1 Å². The van der Waals surface area contributed by atoms with Crippen molar-refractivity contribution >= 4 is 11.6 Å². The van der Waals surface area contributed by atoms with E-state index in [0.717, 1.165) is 31.7 Å². The number of halogens is 3. The van der Waals surface area contributed by atoms with Crippen LogP contribution in [0.5, 0.6) is 0 Å². The molecule has 1 aliphatic heterocycles. The molecular formula is C17H21F3N2O. The first-order chi connectivity index (χ1) is 11.1. The number of piperazine rings is 1. The van der Waals surface area contributed by atoms with Crippen molar-refractivity contribution in [2.75, 3.05) is 31.1 Å². The lowest BCUT2D eigenvalue weighted by Crippen LogP contribution is -2.50. The Hall–Kier alpha value is -1.72. The van der Waals surface area contributed by atoms with Gasteiger partial charge in [-0.3, -0.25) is 4.79 Å². The third kappa shape index (κ3) is 3.31. The van der Waals surface area contributed by atoms with Gasteiger partial charge in [0.25, 0.3) is 0 Å². The number of hydrogen-bond acceptors (Lipinski definition) is 2. The molecule has 0 spiro atoms. The normalized spacial score (nSPS) is 20.0. The maximum absolute atomic E-state index is 13.9. The summed E-state index contributed by atoms with van der Waals surface area (Å²) in [4.78, 5) is 16.0. The monoisotopic (exact) mass is 326 g/mol. The van der Waals surface area contributed by atoms with E-state index in [9.17, 15) is 18.0 Å². The zero-order valence-electron chi connectivity index (χ0n) is 13.0. The van der Waals surface area contributed by atoms with Crippen molar-refractivity contribution in [2.45, 2.75) is 32.1 Å². The Morgan fingerprint density at radius 1 is 0.913 bits per heavy atom. The lowest BCUT2D eigenvalue weighted by molar-refractivity contribution is -0.136. The molecule has 1 saturated heterocycles. The summed E-state index contributed by atoms with van der Waals surface area (Å²) in [6.07, 6.45) is 5.33. The fourth-order valence-electron chi connectivity index (χ4n) is 3.54. The number of rotatable bonds is 2. The van der Waals surface area contributed by atoms with Crippen molar-refractivity contribution in [1.82, 2.24) is 4.90 Å². The molecule has 126 valence electrons. The molecule has 2 fully saturated rings. The van der Waals surface area contributed by atoms with Crippen LogP contribution in [-0.4, -0.2) is 37.0 Å². The predicted molar refractivity (Wildman–Crippen MR) is 81.7 cm³/mol. The number of carbonyl (C=O) groups is 1. The van der Waals surface area contributed by atoms with Gasteiger partial charge in [-0.15, -0.1) is 0 Å². The summed E-state index contributed by atoms with van der Waals surface area (Å²) in [5.74, 6) is -3.47. The van der Waals surface area contributed by atoms with E-state index in [-0.39, 0.29) is 17.5 Å². The molecule has 0 N–H and O–H groups in total. The molecule has 1 saturated carbocycles. The van der Waals surface area contributed by atoms with Gasteiger partial charge < -0.3 is 9.80 Å². The molecule has 3 rings (SSSR count). The Kier molecular flexibility index (Phi) is 4.78. The molecule has 23 heavy (non-hydrogen) atoms. The van der Waals surface area contributed by atoms with Crippen LogP contribution < -0.4 is 4.90 Å². The zero-order valence-corrected chi connectivity index (χ0v) is 13.0. The maximum atomic E-state index is 13.9. The zero-order chi connectivity index (χ0) is 16.4. The first-order valence-corrected chi connectivity index (χ1v) is 8.25. The Bertz CT molecular complexity index is 579. The van der Waals surface area contributed by atoms with Crippen LogP contribution >= 0.6 is 0 Å². The Balaban J connectivity index is 1.62. The number of anilines is 1. The van der Waals surface area contributed by atoms with E-state index in [1.54, 1.807) is 4.90 Å². The van der Waals surface area contributed by atoms with E-state index in [2.05, 4.69) is 0 Å². The largest absolute Gasteiger partial charge is 0.366 e. The van der Waals surface area contributed by atoms with Crippen LogP contribution in [0.3, 0.4) is 0 Å². The van der Waals surface area contributed by atoms with Gasteiger partial charge in [-0.1, -0.05) is 19.3 Å². The highest BCUT2D eigenvalue weighted by Gasteiger charge is 2.29. The fourth-order valence-corrected chi connectivity index (χ4v) is 3.54. The van der Waals surface area contributed by atoms with E-state index >= 15 is 0 Å². The van der Waals surface area contributed by atoms with Crippen LogP contribution in [0.4, 0.5) is 18.9 Å². The number of carbonyl (C=O) groups excluding carboxylic acids is 1. The molecule has 3 nitrogen and oxygen atoms in total. The van der Waals surface area contributed by atoms with Crippen molar-refractivity contribution in [1.29, 1.82) is 0 Å². The molecule has 0 unspecified atom stereocenters. The van der Waals surface area contributed by atoms with Crippen molar-refractivity contribution in [3.63, 3.8) is 0 Å². The van der Waals surface area contributed by atoms with Crippen LogP contribution in [0.1, 0.15) is 32.1 Å². The molecule has 0 bridgehead atoms. The Labute approximate surface area is 134 Å². The number of benzene rings is 1. The SMILES string of the molecule is O=C(C1CCCCC1)N1CCN(c2ccc(F)c(F)c2F)CC1. The molecule has 1 amide bonds. The minimum Gasteiger partial charge on any atom is -0.366 e. The minimum atomic E-state index is -1.44. The highest BCUT2D eigenvalue weighted by Crippen LogP contribution is 2.28. The van der Waals surface area contributed by atoms with Gasteiger partial charge in [0.05, 0.1) is 5.69 Å². The van der Waals surface area contributed by atoms with E-state index < -0.39 is 17.5 Å². The van der Waals surface area contributed by atoms with Gasteiger partial charge in [-0.25, -0.2) is 13.2 Å². The Morgan fingerprint density at radius 2 is 1.57 bits per heavy atom. The van der Waals surface area contributed by atoms with Gasteiger partial charge in [-0.2, -0.15) is 0 Å². The van der Waals surface area contributed by atoms with Crippen LogP contribution in [0, 0.1) is 23.4 Å². The molecule has 0 aromatic heterocycles. The Morgan fingerprint density at radius 3 is 2.22 bits per heavy atom. The average Bonchev–Trinajstić information content (AvgIpc) is 2.60. The van der Waals surface area contributed by atoms with Gasteiger partial charge >= 0.3 is 0 Å². The first-order valence-electron chi connectivity index (χ1n) is 8.25. The molecule has 1 aromatic carbocycles. The quantitative estimate of drug-likeness (QED) is 0.778. The highest BCUT2D eigenvalue weighted by molar-refractivity contribution is 5.79. The van der Waals surface area contributed by atoms with Gasteiger partial charge in [-0.05, 0) is 25.0 Å². The molecule has 1 aromatic rings. The summed E-state index contributed by atoms with van der Waals surface area (Å²) in [5, 5.41) is 0. The van der Waals surface area contributed by atoms with E-state index in [4.69, 9.17) is 0 Å². The van der Waals surface area contributed by atoms with Crippen molar-refractivity contribution < 1.29 is 18.0 Å². The van der Waals surface area contributed by atoms with Crippen LogP contribution in [0.25, 0.3) is 0 Å². The third-order valence-electron chi connectivity index (χ3n) is 4.90. The van der Waals surface area contributed by atoms with Crippen LogP contribution in [-0.2, 0) is 4.79 Å². The minimum absolute atomic E-state index is 0.0636. The molecule has 0 radical (unpaired) electrons. The fraction of sp³-hybridized carbons (Fsp3) is 0.588. The highest BCUT2D eigenvalue weighted by atomic mass is 19.2. The maximum Gasteiger partial charge on any atom is 0.225 e. The van der Waals surface area contributed by atoms with Crippen molar-refractivity contribution in [3.05, 3.63) is 29.6 Å². The van der Waals surface area contributed by atoms with Gasteiger partial charge in [0.15, 0.2) is 17.5 Å². The summed E-state index contributed by atoms with van der Waals surface area (Å²) in [6.45, 7) is 1.85. The lowest BCUT2D eigenvalue weighted by atomic mass is 9.88. The lowest BCUT2D eigenvalue weighted by Gasteiger charge is -2.38. The predicted octanol–water partition coefficient (Wildman–Crippen LogP) is 3.33.